The number of amides is 1. The van der Waals surface area contributed by atoms with Crippen LogP contribution in [0.1, 0.15) is 19.8 Å². The fourth-order valence-corrected chi connectivity index (χ4v) is 2.17. The minimum absolute atomic E-state index is 0.0161. The summed E-state index contributed by atoms with van der Waals surface area (Å²) in [4.78, 5) is 11.6. The zero-order valence-corrected chi connectivity index (χ0v) is 11.4. The summed E-state index contributed by atoms with van der Waals surface area (Å²) in [6.07, 6.45) is 5.84. The number of hydrogen-bond donors (Lipinski definition) is 2. The van der Waals surface area contributed by atoms with Gasteiger partial charge in [0.05, 0.1) is 6.04 Å². The molecule has 0 radical (unpaired) electrons. The molecule has 15 heavy (non-hydrogen) atoms. The largest absolute Gasteiger partial charge is 0.352 e. The Bertz CT molecular complexity index is 179. The van der Waals surface area contributed by atoms with Gasteiger partial charge < -0.3 is 11.1 Å². The van der Waals surface area contributed by atoms with Crippen molar-refractivity contribution < 1.29 is 4.79 Å². The Morgan fingerprint density at radius 2 is 1.80 bits per heavy atom. The van der Waals surface area contributed by atoms with E-state index in [-0.39, 0.29) is 18.0 Å². The minimum atomic E-state index is -0.353. The fourth-order valence-electron chi connectivity index (χ4n) is 1.09. The van der Waals surface area contributed by atoms with Gasteiger partial charge in [-0.25, -0.2) is 0 Å². The maximum Gasteiger partial charge on any atom is 0.237 e. The van der Waals surface area contributed by atoms with Gasteiger partial charge in [0, 0.05) is 6.04 Å². The van der Waals surface area contributed by atoms with E-state index < -0.39 is 0 Å². The normalized spacial score (nSPS) is 14.7. The Labute approximate surface area is 101 Å². The van der Waals surface area contributed by atoms with E-state index in [1.165, 1.54) is 0 Å². The van der Waals surface area contributed by atoms with Gasteiger partial charge in [-0.1, -0.05) is 0 Å². The lowest BCUT2D eigenvalue weighted by atomic mass is 10.2. The van der Waals surface area contributed by atoms with Crippen LogP contribution in [0.4, 0.5) is 0 Å². The van der Waals surface area contributed by atoms with Crippen molar-refractivity contribution in [3.8, 4) is 0 Å². The van der Waals surface area contributed by atoms with Crippen molar-refractivity contribution in [2.24, 2.45) is 5.73 Å². The lowest BCUT2D eigenvalue weighted by Gasteiger charge is -2.16. The first-order valence-electron chi connectivity index (χ1n) is 5.15. The number of carbonyl (C=O) groups excluding carboxylic acids is 1. The van der Waals surface area contributed by atoms with Gasteiger partial charge >= 0.3 is 0 Å². The number of nitrogens with two attached hydrogens (primary N) is 1. The monoisotopic (exact) mass is 250 g/mol. The van der Waals surface area contributed by atoms with Crippen molar-refractivity contribution >= 4 is 29.4 Å². The van der Waals surface area contributed by atoms with Crippen molar-refractivity contribution in [3.63, 3.8) is 0 Å². The second kappa shape index (κ2) is 9.36. The lowest BCUT2D eigenvalue weighted by molar-refractivity contribution is -0.123. The van der Waals surface area contributed by atoms with Gasteiger partial charge in [0.25, 0.3) is 0 Å². The van der Waals surface area contributed by atoms with Crippen LogP contribution in [0.25, 0.3) is 0 Å². The van der Waals surface area contributed by atoms with Crippen LogP contribution >= 0.6 is 23.5 Å². The standard InChI is InChI=1S/C10H22N2OS2/c1-8(4-6-14-2)12-10(13)9(11)5-7-15-3/h8-9H,4-7,11H2,1-3H3,(H,12,13)/t8-,9-/m1/s1. The maximum absolute atomic E-state index is 11.6. The van der Waals surface area contributed by atoms with Crippen molar-refractivity contribution in [1.29, 1.82) is 0 Å². The summed E-state index contributed by atoms with van der Waals surface area (Å²) >= 11 is 3.51. The van der Waals surface area contributed by atoms with Crippen molar-refractivity contribution in [2.75, 3.05) is 24.0 Å². The van der Waals surface area contributed by atoms with Gasteiger partial charge in [-0.15, -0.1) is 0 Å². The number of nitrogens with one attached hydrogen (secondary N) is 1. The van der Waals surface area contributed by atoms with Gasteiger partial charge in [0.1, 0.15) is 0 Å². The molecule has 2 atom stereocenters. The van der Waals surface area contributed by atoms with Gasteiger partial charge in [0.2, 0.25) is 5.91 Å². The third kappa shape index (κ3) is 7.99. The van der Waals surface area contributed by atoms with E-state index in [1.54, 1.807) is 23.5 Å². The topological polar surface area (TPSA) is 55.1 Å². The average molecular weight is 250 g/mol. The Morgan fingerprint density at radius 1 is 1.27 bits per heavy atom. The molecule has 0 aromatic heterocycles. The Kier molecular flexibility index (Phi) is 9.44. The van der Waals surface area contributed by atoms with E-state index in [0.29, 0.717) is 0 Å². The van der Waals surface area contributed by atoms with E-state index in [9.17, 15) is 4.79 Å². The maximum atomic E-state index is 11.6. The predicted octanol–water partition coefficient (Wildman–Crippen LogP) is 1.32. The highest BCUT2D eigenvalue weighted by Gasteiger charge is 2.14. The second-order valence-electron chi connectivity index (χ2n) is 3.58. The summed E-state index contributed by atoms with van der Waals surface area (Å²) < 4.78 is 0. The SMILES string of the molecule is CSCC[C@@H](C)NC(=O)[C@H](N)CCSC. The first kappa shape index (κ1) is 15.1. The van der Waals surface area contributed by atoms with E-state index in [1.807, 2.05) is 13.2 Å². The minimum Gasteiger partial charge on any atom is -0.352 e. The molecule has 0 saturated heterocycles. The zero-order valence-electron chi connectivity index (χ0n) is 9.79. The van der Waals surface area contributed by atoms with Crippen LogP contribution in [0.2, 0.25) is 0 Å². The molecule has 90 valence electrons. The summed E-state index contributed by atoms with van der Waals surface area (Å²) in [5.74, 6) is 1.99. The predicted molar refractivity (Wildman–Crippen MR) is 71.6 cm³/mol. The Hall–Kier alpha value is 0.130. The van der Waals surface area contributed by atoms with Crippen LogP contribution in [0, 0.1) is 0 Å². The molecule has 0 unspecified atom stereocenters. The summed E-state index contributed by atoms with van der Waals surface area (Å²) in [6.45, 7) is 2.02. The lowest BCUT2D eigenvalue weighted by Crippen LogP contribution is -2.44. The Balaban J connectivity index is 3.70. The van der Waals surface area contributed by atoms with Crippen LogP contribution in [-0.2, 0) is 4.79 Å². The molecule has 0 spiro atoms. The molecule has 0 saturated carbocycles. The van der Waals surface area contributed by atoms with Crippen LogP contribution in [0.3, 0.4) is 0 Å². The van der Waals surface area contributed by atoms with Gasteiger partial charge in [-0.05, 0) is 43.8 Å². The zero-order chi connectivity index (χ0) is 11.7. The van der Waals surface area contributed by atoms with E-state index in [0.717, 1.165) is 24.3 Å². The molecule has 0 rings (SSSR count). The first-order valence-corrected chi connectivity index (χ1v) is 7.94. The summed E-state index contributed by atoms with van der Waals surface area (Å²) in [5, 5.41) is 2.94. The van der Waals surface area contributed by atoms with Crippen molar-refractivity contribution in [1.82, 2.24) is 5.32 Å². The summed E-state index contributed by atoms with van der Waals surface area (Å²) in [5.41, 5.74) is 5.75. The summed E-state index contributed by atoms with van der Waals surface area (Å²) in [7, 11) is 0. The molecule has 1 amide bonds. The fraction of sp³-hybridized carbons (Fsp3) is 0.900. The van der Waals surface area contributed by atoms with Crippen LogP contribution in [0.5, 0.6) is 0 Å². The highest BCUT2D eigenvalue weighted by atomic mass is 32.2. The van der Waals surface area contributed by atoms with Gasteiger partial charge in [-0.3, -0.25) is 4.79 Å². The molecule has 0 heterocycles. The molecule has 0 aromatic carbocycles. The number of thioether (sulfide) groups is 2. The molecular weight excluding hydrogens is 228 g/mol. The molecule has 0 fully saturated rings. The van der Waals surface area contributed by atoms with Gasteiger partial charge in [-0.2, -0.15) is 23.5 Å². The average Bonchev–Trinajstić information content (AvgIpc) is 2.22. The molecule has 0 aromatic rings. The van der Waals surface area contributed by atoms with Crippen LogP contribution in [0.15, 0.2) is 0 Å². The van der Waals surface area contributed by atoms with E-state index in [4.69, 9.17) is 5.73 Å². The number of rotatable bonds is 8. The van der Waals surface area contributed by atoms with E-state index in [2.05, 4.69) is 11.6 Å². The van der Waals surface area contributed by atoms with Crippen molar-refractivity contribution in [3.05, 3.63) is 0 Å². The third-order valence-corrected chi connectivity index (χ3v) is 3.40. The first-order chi connectivity index (χ1) is 7.11. The second-order valence-corrected chi connectivity index (χ2v) is 5.55. The molecular formula is C10H22N2OS2. The van der Waals surface area contributed by atoms with Crippen LogP contribution < -0.4 is 11.1 Å². The van der Waals surface area contributed by atoms with Crippen LogP contribution in [-0.4, -0.2) is 42.0 Å². The molecule has 3 nitrogen and oxygen atoms in total. The number of hydrogen-bond acceptors (Lipinski definition) is 4. The quantitative estimate of drug-likeness (QED) is 0.682. The molecule has 0 bridgehead atoms. The van der Waals surface area contributed by atoms with Gasteiger partial charge in [0.15, 0.2) is 0 Å². The molecule has 3 N–H and O–H groups in total. The molecule has 0 aliphatic rings. The Morgan fingerprint density at radius 3 is 2.33 bits per heavy atom. The molecule has 0 aliphatic carbocycles. The highest BCUT2D eigenvalue weighted by molar-refractivity contribution is 7.98. The van der Waals surface area contributed by atoms with E-state index >= 15 is 0 Å². The smallest absolute Gasteiger partial charge is 0.237 e. The highest BCUT2D eigenvalue weighted by Crippen LogP contribution is 2.02. The third-order valence-electron chi connectivity index (χ3n) is 2.11. The summed E-state index contributed by atoms with van der Waals surface area (Å²) in [6, 6.07) is -0.126. The molecule has 0 aliphatic heterocycles. The molecule has 5 heteroatoms. The number of carbonyl (C=O) groups is 1. The van der Waals surface area contributed by atoms with Crippen molar-refractivity contribution in [2.45, 2.75) is 31.8 Å².